The molecular formula is C19H19N2O2+. The molecule has 23 heavy (non-hydrogen) atoms. The Kier molecular flexibility index (Phi) is 4.52. The minimum atomic E-state index is -0.0774. The van der Waals surface area contributed by atoms with Gasteiger partial charge < -0.3 is 10.1 Å². The molecule has 0 aliphatic rings. The van der Waals surface area contributed by atoms with Crippen LogP contribution in [0.5, 0.6) is 5.75 Å². The van der Waals surface area contributed by atoms with E-state index in [4.69, 9.17) is 4.74 Å². The quantitative estimate of drug-likeness (QED) is 0.736. The molecule has 116 valence electrons. The first-order chi connectivity index (χ1) is 11.2. The van der Waals surface area contributed by atoms with Crippen molar-refractivity contribution in [1.82, 2.24) is 0 Å². The number of carbonyl (C=O) groups excluding carboxylic acids is 1. The molecule has 4 heteroatoms. The molecule has 0 fully saturated rings. The van der Waals surface area contributed by atoms with E-state index in [0.717, 1.165) is 18.0 Å². The highest BCUT2D eigenvalue weighted by Gasteiger charge is 2.03. The highest BCUT2D eigenvalue weighted by molar-refractivity contribution is 5.88. The highest BCUT2D eigenvalue weighted by Crippen LogP contribution is 2.15. The summed E-state index contributed by atoms with van der Waals surface area (Å²) in [6, 6.07) is 17.8. The van der Waals surface area contributed by atoms with E-state index >= 15 is 0 Å². The standard InChI is InChI=1S/C19H18N2O2/c1-15(22)20-18-6-8-19(9-7-18)23-13-12-21-11-10-16-4-2-3-5-17(16)14-21/h2-11,14H,12-13H2,1H3/p+1. The Morgan fingerprint density at radius 2 is 1.78 bits per heavy atom. The molecule has 0 unspecified atom stereocenters. The third-order valence-electron chi connectivity index (χ3n) is 3.54. The summed E-state index contributed by atoms with van der Waals surface area (Å²) >= 11 is 0. The minimum Gasteiger partial charge on any atom is -0.487 e. The Labute approximate surface area is 135 Å². The summed E-state index contributed by atoms with van der Waals surface area (Å²) < 4.78 is 7.87. The number of pyridine rings is 1. The van der Waals surface area contributed by atoms with Crippen molar-refractivity contribution in [3.63, 3.8) is 0 Å². The van der Waals surface area contributed by atoms with Gasteiger partial charge in [-0.05, 0) is 35.7 Å². The topological polar surface area (TPSA) is 42.2 Å². The van der Waals surface area contributed by atoms with Crippen LogP contribution in [0.1, 0.15) is 6.92 Å². The van der Waals surface area contributed by atoms with Gasteiger partial charge in [0.15, 0.2) is 18.9 Å². The first-order valence-corrected chi connectivity index (χ1v) is 7.59. The fourth-order valence-corrected chi connectivity index (χ4v) is 2.42. The number of ether oxygens (including phenoxy) is 1. The van der Waals surface area contributed by atoms with E-state index in [9.17, 15) is 4.79 Å². The summed E-state index contributed by atoms with van der Waals surface area (Å²) in [4.78, 5) is 11.0. The number of carbonyl (C=O) groups is 1. The lowest BCUT2D eigenvalue weighted by molar-refractivity contribution is -0.696. The molecule has 1 amide bonds. The van der Waals surface area contributed by atoms with Crippen LogP contribution in [0.25, 0.3) is 10.8 Å². The minimum absolute atomic E-state index is 0.0774. The van der Waals surface area contributed by atoms with Crippen molar-refractivity contribution in [2.24, 2.45) is 0 Å². The van der Waals surface area contributed by atoms with Gasteiger partial charge in [0, 0.05) is 24.1 Å². The van der Waals surface area contributed by atoms with Crippen molar-refractivity contribution < 1.29 is 14.1 Å². The molecule has 0 aliphatic carbocycles. The van der Waals surface area contributed by atoms with Crippen LogP contribution in [0.3, 0.4) is 0 Å². The SMILES string of the molecule is CC(=O)Nc1ccc(OCC[n+]2ccc3ccccc3c2)cc1. The van der Waals surface area contributed by atoms with Crippen molar-refractivity contribution in [3.05, 3.63) is 67.0 Å². The summed E-state index contributed by atoms with van der Waals surface area (Å²) in [7, 11) is 0. The predicted molar refractivity (Wildman–Crippen MR) is 90.4 cm³/mol. The van der Waals surface area contributed by atoms with Crippen LogP contribution >= 0.6 is 0 Å². The molecule has 0 saturated heterocycles. The zero-order valence-electron chi connectivity index (χ0n) is 13.0. The van der Waals surface area contributed by atoms with Crippen LogP contribution in [0, 0.1) is 0 Å². The first kappa shape index (κ1) is 15.0. The van der Waals surface area contributed by atoms with E-state index in [2.05, 4.69) is 40.5 Å². The zero-order chi connectivity index (χ0) is 16.1. The fourth-order valence-electron chi connectivity index (χ4n) is 2.42. The Bertz CT molecular complexity index is 813. The lowest BCUT2D eigenvalue weighted by atomic mass is 10.2. The van der Waals surface area contributed by atoms with Crippen LogP contribution in [-0.4, -0.2) is 12.5 Å². The number of benzene rings is 2. The monoisotopic (exact) mass is 307 g/mol. The Morgan fingerprint density at radius 3 is 2.52 bits per heavy atom. The molecule has 3 aromatic rings. The van der Waals surface area contributed by atoms with Crippen LogP contribution in [0.15, 0.2) is 67.0 Å². The van der Waals surface area contributed by atoms with Crippen molar-refractivity contribution in [1.29, 1.82) is 0 Å². The van der Waals surface area contributed by atoms with E-state index in [-0.39, 0.29) is 5.91 Å². The third kappa shape index (κ3) is 4.07. The molecule has 0 saturated carbocycles. The maximum Gasteiger partial charge on any atom is 0.221 e. The highest BCUT2D eigenvalue weighted by atomic mass is 16.5. The van der Waals surface area contributed by atoms with E-state index in [1.165, 1.54) is 17.7 Å². The molecule has 1 N–H and O–H groups in total. The van der Waals surface area contributed by atoms with Gasteiger partial charge in [0.2, 0.25) is 5.91 Å². The second-order valence-corrected chi connectivity index (χ2v) is 5.37. The average Bonchev–Trinajstić information content (AvgIpc) is 2.56. The number of hydrogen-bond acceptors (Lipinski definition) is 2. The number of nitrogens with one attached hydrogen (secondary N) is 1. The molecule has 0 bridgehead atoms. The van der Waals surface area contributed by atoms with Gasteiger partial charge in [-0.1, -0.05) is 18.2 Å². The molecule has 1 heterocycles. The molecule has 3 rings (SSSR count). The molecule has 0 radical (unpaired) electrons. The second-order valence-electron chi connectivity index (χ2n) is 5.37. The van der Waals surface area contributed by atoms with Gasteiger partial charge in [0.05, 0.1) is 0 Å². The lowest BCUT2D eigenvalue weighted by Crippen LogP contribution is -2.35. The molecule has 0 spiro atoms. The third-order valence-corrected chi connectivity index (χ3v) is 3.54. The molecule has 1 aromatic heterocycles. The maximum atomic E-state index is 11.0. The molecule has 0 atom stereocenters. The molecule has 0 aliphatic heterocycles. The van der Waals surface area contributed by atoms with Crippen LogP contribution in [0.2, 0.25) is 0 Å². The van der Waals surface area contributed by atoms with Gasteiger partial charge in [0.25, 0.3) is 0 Å². The van der Waals surface area contributed by atoms with Gasteiger partial charge in [-0.2, -0.15) is 0 Å². The van der Waals surface area contributed by atoms with E-state index in [1.807, 2.05) is 36.4 Å². The average molecular weight is 307 g/mol. The summed E-state index contributed by atoms with van der Waals surface area (Å²) in [6.45, 7) is 2.85. The number of amides is 1. The maximum absolute atomic E-state index is 11.0. The lowest BCUT2D eigenvalue weighted by Gasteiger charge is -2.06. The van der Waals surface area contributed by atoms with Gasteiger partial charge in [0.1, 0.15) is 12.4 Å². The number of anilines is 1. The van der Waals surface area contributed by atoms with E-state index in [1.54, 1.807) is 0 Å². The Balaban J connectivity index is 1.56. The summed E-state index contributed by atoms with van der Waals surface area (Å²) in [5, 5.41) is 5.18. The second kappa shape index (κ2) is 6.92. The molecule has 4 nitrogen and oxygen atoms in total. The number of hydrogen-bond donors (Lipinski definition) is 1. The van der Waals surface area contributed by atoms with Crippen molar-refractivity contribution in [3.8, 4) is 5.75 Å². The fraction of sp³-hybridized carbons (Fsp3) is 0.158. The van der Waals surface area contributed by atoms with Gasteiger partial charge >= 0.3 is 0 Å². The number of aromatic nitrogens is 1. The van der Waals surface area contributed by atoms with Crippen LogP contribution < -0.4 is 14.6 Å². The summed E-state index contributed by atoms with van der Waals surface area (Å²) in [5.74, 6) is 0.715. The molecular weight excluding hydrogens is 288 g/mol. The van der Waals surface area contributed by atoms with Crippen molar-refractivity contribution in [2.75, 3.05) is 11.9 Å². The van der Waals surface area contributed by atoms with E-state index < -0.39 is 0 Å². The van der Waals surface area contributed by atoms with Crippen LogP contribution in [-0.2, 0) is 11.3 Å². The molecule has 2 aromatic carbocycles. The van der Waals surface area contributed by atoms with E-state index in [0.29, 0.717) is 6.61 Å². The summed E-state index contributed by atoms with van der Waals surface area (Å²) in [5.41, 5.74) is 0.772. The zero-order valence-corrected chi connectivity index (χ0v) is 13.0. The largest absolute Gasteiger partial charge is 0.487 e. The Morgan fingerprint density at radius 1 is 1.04 bits per heavy atom. The number of nitrogens with zero attached hydrogens (tertiary/aromatic N) is 1. The number of fused-ring (bicyclic) bond motifs is 1. The van der Waals surface area contributed by atoms with Crippen molar-refractivity contribution >= 4 is 22.4 Å². The van der Waals surface area contributed by atoms with Crippen molar-refractivity contribution in [2.45, 2.75) is 13.5 Å². The van der Waals surface area contributed by atoms with Gasteiger partial charge in [-0.15, -0.1) is 0 Å². The summed E-state index contributed by atoms with van der Waals surface area (Å²) in [6.07, 6.45) is 4.18. The predicted octanol–water partition coefficient (Wildman–Crippen LogP) is 3.16. The number of rotatable bonds is 5. The van der Waals surface area contributed by atoms with Crippen LogP contribution in [0.4, 0.5) is 5.69 Å². The van der Waals surface area contributed by atoms with Gasteiger partial charge in [-0.3, -0.25) is 4.79 Å². The smallest absolute Gasteiger partial charge is 0.221 e. The van der Waals surface area contributed by atoms with Gasteiger partial charge in [-0.25, -0.2) is 4.57 Å². The first-order valence-electron chi connectivity index (χ1n) is 7.59. The normalized spacial score (nSPS) is 10.5. The Hall–Kier alpha value is -2.88.